The average Bonchev–Trinajstić information content (AvgIpc) is 3.10. The largest absolute Gasteiger partial charge is 0.340 e. The Hall–Kier alpha value is -1.32. The molecular weight excluding hydrogens is 228 g/mol. The summed E-state index contributed by atoms with van der Waals surface area (Å²) in [4.78, 5) is 26.7. The minimum absolute atomic E-state index is 0.00889. The minimum atomic E-state index is -0.799. The van der Waals surface area contributed by atoms with Crippen LogP contribution in [0.1, 0.15) is 40.5 Å². The third-order valence-corrected chi connectivity index (χ3v) is 4.12. The number of nitrogens with one attached hydrogen (secondary N) is 1. The van der Waals surface area contributed by atoms with Crippen molar-refractivity contribution in [2.24, 2.45) is 5.92 Å². The molecule has 1 saturated heterocycles. The fourth-order valence-electron chi connectivity index (χ4n) is 2.67. The molecule has 0 aromatic heterocycles. The van der Waals surface area contributed by atoms with Crippen LogP contribution in [0.25, 0.3) is 0 Å². The van der Waals surface area contributed by atoms with E-state index in [-0.39, 0.29) is 11.8 Å². The number of carbonyl (C=O) groups is 2. The van der Waals surface area contributed by atoms with E-state index in [1.165, 1.54) is 0 Å². The zero-order valence-electron chi connectivity index (χ0n) is 11.6. The molecule has 1 heterocycles. The summed E-state index contributed by atoms with van der Waals surface area (Å²) in [5.74, 6) is 0.302. The summed E-state index contributed by atoms with van der Waals surface area (Å²) in [5, 5.41) is 2.87. The van der Waals surface area contributed by atoms with E-state index in [9.17, 15) is 9.59 Å². The predicted octanol–water partition coefficient (Wildman–Crippen LogP) is 1.47. The van der Waals surface area contributed by atoms with Gasteiger partial charge in [-0.2, -0.15) is 0 Å². The Balaban J connectivity index is 2.37. The summed E-state index contributed by atoms with van der Waals surface area (Å²) in [6, 6.07) is 0. The highest BCUT2D eigenvalue weighted by molar-refractivity contribution is 6.02. The van der Waals surface area contributed by atoms with Crippen LogP contribution in [0, 0.1) is 5.92 Å². The van der Waals surface area contributed by atoms with E-state index in [4.69, 9.17) is 0 Å². The molecule has 0 spiro atoms. The second-order valence-electron chi connectivity index (χ2n) is 5.99. The van der Waals surface area contributed by atoms with Crippen molar-refractivity contribution in [3.8, 4) is 0 Å². The maximum absolute atomic E-state index is 12.5. The van der Waals surface area contributed by atoms with E-state index in [1.807, 2.05) is 26.0 Å². The highest BCUT2D eigenvalue weighted by Gasteiger charge is 2.58. The van der Waals surface area contributed by atoms with Crippen molar-refractivity contribution in [2.75, 3.05) is 6.54 Å². The summed E-state index contributed by atoms with van der Waals surface area (Å²) >= 11 is 0. The lowest BCUT2D eigenvalue weighted by atomic mass is 9.84. The first kappa shape index (κ1) is 13.1. The van der Waals surface area contributed by atoms with Crippen molar-refractivity contribution in [1.82, 2.24) is 10.2 Å². The van der Waals surface area contributed by atoms with Crippen molar-refractivity contribution in [3.63, 3.8) is 0 Å². The highest BCUT2D eigenvalue weighted by atomic mass is 16.2. The number of carbonyl (C=O) groups excluding carboxylic acids is 2. The molecule has 2 aliphatic rings. The summed E-state index contributed by atoms with van der Waals surface area (Å²) < 4.78 is 0. The quantitative estimate of drug-likeness (QED) is 0.771. The van der Waals surface area contributed by atoms with Crippen LogP contribution in [-0.4, -0.2) is 34.3 Å². The molecule has 0 aromatic carbocycles. The molecule has 1 saturated carbocycles. The van der Waals surface area contributed by atoms with Crippen LogP contribution in [0.15, 0.2) is 12.2 Å². The van der Waals surface area contributed by atoms with Crippen LogP contribution < -0.4 is 5.32 Å². The maximum atomic E-state index is 12.5. The van der Waals surface area contributed by atoms with Gasteiger partial charge >= 0.3 is 0 Å². The fourth-order valence-corrected chi connectivity index (χ4v) is 2.67. The summed E-state index contributed by atoms with van der Waals surface area (Å²) in [6.07, 6.45) is 5.92. The predicted molar refractivity (Wildman–Crippen MR) is 69.9 cm³/mol. The van der Waals surface area contributed by atoms with Gasteiger partial charge in [-0.05, 0) is 46.5 Å². The van der Waals surface area contributed by atoms with Gasteiger partial charge in [-0.3, -0.25) is 9.59 Å². The topological polar surface area (TPSA) is 49.4 Å². The molecule has 0 aromatic rings. The standard InChI is InChI=1S/C14H22N2O2/c1-5-6-9-16-12(18)13(2,3)15-11(17)14(16,4)10-7-8-10/h5-6,10H,7-9H2,1-4H3,(H,15,17)/b6-5+. The van der Waals surface area contributed by atoms with Gasteiger partial charge in [0, 0.05) is 6.54 Å². The zero-order valence-corrected chi connectivity index (χ0v) is 11.6. The number of allylic oxidation sites excluding steroid dienone is 1. The summed E-state index contributed by atoms with van der Waals surface area (Å²) in [7, 11) is 0. The highest BCUT2D eigenvalue weighted by Crippen LogP contribution is 2.45. The van der Waals surface area contributed by atoms with E-state index < -0.39 is 11.1 Å². The van der Waals surface area contributed by atoms with E-state index >= 15 is 0 Å². The molecule has 1 N–H and O–H groups in total. The second-order valence-corrected chi connectivity index (χ2v) is 5.99. The van der Waals surface area contributed by atoms with Crippen LogP contribution in [-0.2, 0) is 9.59 Å². The molecule has 1 unspecified atom stereocenters. The number of piperazine rings is 1. The molecule has 0 radical (unpaired) electrons. The van der Waals surface area contributed by atoms with E-state index in [2.05, 4.69) is 5.32 Å². The molecule has 4 heteroatoms. The van der Waals surface area contributed by atoms with Gasteiger partial charge in [0.1, 0.15) is 11.1 Å². The Morgan fingerprint density at radius 3 is 2.44 bits per heavy atom. The van der Waals surface area contributed by atoms with Crippen molar-refractivity contribution < 1.29 is 9.59 Å². The Morgan fingerprint density at radius 2 is 1.94 bits per heavy atom. The Morgan fingerprint density at radius 1 is 1.33 bits per heavy atom. The molecule has 0 bridgehead atoms. The van der Waals surface area contributed by atoms with Crippen LogP contribution in [0.2, 0.25) is 0 Å². The number of hydrogen-bond donors (Lipinski definition) is 1. The van der Waals surface area contributed by atoms with Crippen LogP contribution >= 0.6 is 0 Å². The van der Waals surface area contributed by atoms with Crippen molar-refractivity contribution in [1.29, 1.82) is 0 Å². The number of nitrogens with zero attached hydrogens (tertiary/aromatic N) is 1. The van der Waals surface area contributed by atoms with Crippen molar-refractivity contribution in [2.45, 2.75) is 51.6 Å². The molecule has 18 heavy (non-hydrogen) atoms. The third kappa shape index (κ3) is 1.84. The first-order chi connectivity index (χ1) is 8.34. The van der Waals surface area contributed by atoms with Crippen LogP contribution in [0.5, 0.6) is 0 Å². The lowest BCUT2D eigenvalue weighted by molar-refractivity contribution is -0.161. The molecule has 1 aliphatic heterocycles. The third-order valence-electron chi connectivity index (χ3n) is 4.12. The van der Waals surface area contributed by atoms with Gasteiger partial charge in [0.2, 0.25) is 11.8 Å². The first-order valence-electron chi connectivity index (χ1n) is 6.60. The smallest absolute Gasteiger partial charge is 0.248 e. The maximum Gasteiger partial charge on any atom is 0.248 e. The fraction of sp³-hybridized carbons (Fsp3) is 0.714. The molecule has 100 valence electrons. The lowest BCUT2D eigenvalue weighted by Crippen LogP contribution is -2.74. The molecule has 1 atom stereocenters. The van der Waals surface area contributed by atoms with Crippen molar-refractivity contribution in [3.05, 3.63) is 12.2 Å². The number of amides is 2. The van der Waals surface area contributed by atoms with Gasteiger partial charge in [-0.1, -0.05) is 12.2 Å². The number of hydrogen-bond acceptors (Lipinski definition) is 2. The zero-order chi connectivity index (χ0) is 13.6. The minimum Gasteiger partial charge on any atom is -0.340 e. The van der Waals surface area contributed by atoms with Crippen LogP contribution in [0.4, 0.5) is 0 Å². The normalized spacial score (nSPS) is 31.9. The molecule has 2 amide bonds. The Labute approximate surface area is 108 Å². The number of rotatable bonds is 3. The van der Waals surface area contributed by atoms with Gasteiger partial charge < -0.3 is 10.2 Å². The van der Waals surface area contributed by atoms with E-state index in [0.717, 1.165) is 12.8 Å². The monoisotopic (exact) mass is 250 g/mol. The summed E-state index contributed by atoms with van der Waals surface area (Å²) in [6.45, 7) is 7.87. The SMILES string of the molecule is C/C=C/CN1C(=O)C(C)(C)NC(=O)C1(C)C1CC1. The van der Waals surface area contributed by atoms with Gasteiger partial charge in [-0.25, -0.2) is 0 Å². The van der Waals surface area contributed by atoms with Crippen molar-refractivity contribution >= 4 is 11.8 Å². The van der Waals surface area contributed by atoms with E-state index in [0.29, 0.717) is 12.5 Å². The molecular formula is C14H22N2O2. The molecule has 4 nitrogen and oxygen atoms in total. The molecule has 2 fully saturated rings. The lowest BCUT2D eigenvalue weighted by Gasteiger charge is -2.49. The average molecular weight is 250 g/mol. The summed E-state index contributed by atoms with van der Waals surface area (Å²) in [5.41, 5.74) is -1.47. The second kappa shape index (κ2) is 4.11. The molecule has 2 rings (SSSR count). The van der Waals surface area contributed by atoms with Gasteiger partial charge in [0.25, 0.3) is 0 Å². The Bertz CT molecular complexity index is 410. The first-order valence-corrected chi connectivity index (χ1v) is 6.60. The van der Waals surface area contributed by atoms with E-state index in [1.54, 1.807) is 18.7 Å². The molecule has 1 aliphatic carbocycles. The van der Waals surface area contributed by atoms with Gasteiger partial charge in [0.15, 0.2) is 0 Å². The van der Waals surface area contributed by atoms with Crippen LogP contribution in [0.3, 0.4) is 0 Å². The van der Waals surface area contributed by atoms with Gasteiger partial charge in [-0.15, -0.1) is 0 Å². The van der Waals surface area contributed by atoms with Gasteiger partial charge in [0.05, 0.1) is 0 Å². The Kier molecular flexibility index (Phi) is 2.99.